The molecular weight excluding hydrogens is 293 g/mol. The van der Waals surface area contributed by atoms with Crippen molar-refractivity contribution >= 4 is 23.2 Å². The van der Waals surface area contributed by atoms with Gasteiger partial charge in [-0.1, -0.05) is 41.4 Å². The quantitative estimate of drug-likeness (QED) is 0.894. The van der Waals surface area contributed by atoms with Gasteiger partial charge in [0, 0.05) is 11.1 Å². The zero-order valence-electron chi connectivity index (χ0n) is 11.7. The maximum atomic E-state index is 6.36. The number of aryl methyl sites for hydroxylation is 1. The first-order valence-electron chi connectivity index (χ1n) is 6.30. The molecule has 0 radical (unpaired) electrons. The lowest BCUT2D eigenvalue weighted by Crippen LogP contribution is -2.14. The highest BCUT2D eigenvalue weighted by atomic mass is 35.5. The molecule has 0 bridgehead atoms. The van der Waals surface area contributed by atoms with E-state index in [0.717, 1.165) is 11.1 Å². The Morgan fingerprint density at radius 1 is 1.05 bits per heavy atom. The van der Waals surface area contributed by atoms with Crippen molar-refractivity contribution in [2.24, 2.45) is 5.73 Å². The predicted molar refractivity (Wildman–Crippen MR) is 85.0 cm³/mol. The van der Waals surface area contributed by atoms with Crippen molar-refractivity contribution in [2.75, 3.05) is 7.11 Å². The molecule has 0 saturated heterocycles. The zero-order chi connectivity index (χ0) is 14.9. The van der Waals surface area contributed by atoms with Crippen LogP contribution in [-0.2, 0) is 0 Å². The van der Waals surface area contributed by atoms with Crippen LogP contribution in [0.4, 0.5) is 0 Å². The summed E-state index contributed by atoms with van der Waals surface area (Å²) in [6, 6.07) is 9.23. The Morgan fingerprint density at radius 2 is 1.75 bits per heavy atom. The maximum absolute atomic E-state index is 6.36. The number of methoxy groups -OCH3 is 1. The molecule has 0 spiro atoms. The molecule has 2 aromatic rings. The van der Waals surface area contributed by atoms with Crippen molar-refractivity contribution in [3.8, 4) is 5.75 Å². The Labute approximate surface area is 129 Å². The molecule has 2 rings (SSSR count). The maximum Gasteiger partial charge on any atom is 0.138 e. The first-order chi connectivity index (χ1) is 9.45. The molecule has 0 aromatic heterocycles. The molecule has 2 aromatic carbocycles. The first kappa shape index (κ1) is 15.2. The molecule has 0 saturated carbocycles. The minimum Gasteiger partial charge on any atom is -0.495 e. The summed E-state index contributed by atoms with van der Waals surface area (Å²) >= 11 is 12.5. The van der Waals surface area contributed by atoms with Crippen LogP contribution in [0.3, 0.4) is 0 Å². The number of hydrogen-bond acceptors (Lipinski definition) is 2. The average molecular weight is 310 g/mol. The van der Waals surface area contributed by atoms with Gasteiger partial charge in [0.1, 0.15) is 5.75 Å². The van der Waals surface area contributed by atoms with Crippen molar-refractivity contribution in [2.45, 2.75) is 19.9 Å². The van der Waals surface area contributed by atoms with Crippen molar-refractivity contribution < 1.29 is 4.74 Å². The van der Waals surface area contributed by atoms with Crippen molar-refractivity contribution in [1.82, 2.24) is 0 Å². The van der Waals surface area contributed by atoms with Gasteiger partial charge in [0.2, 0.25) is 0 Å². The highest BCUT2D eigenvalue weighted by Crippen LogP contribution is 2.36. The number of rotatable bonds is 3. The summed E-state index contributed by atoms with van der Waals surface area (Å²) in [5.74, 6) is 0.550. The second-order valence-corrected chi connectivity index (χ2v) is 5.59. The van der Waals surface area contributed by atoms with Crippen LogP contribution in [-0.4, -0.2) is 7.11 Å². The van der Waals surface area contributed by atoms with Gasteiger partial charge in [-0.3, -0.25) is 0 Å². The fourth-order valence-electron chi connectivity index (χ4n) is 2.22. The van der Waals surface area contributed by atoms with E-state index in [-0.39, 0.29) is 6.04 Å². The second-order valence-electron chi connectivity index (χ2n) is 4.78. The van der Waals surface area contributed by atoms with Crippen LogP contribution in [0.2, 0.25) is 10.0 Å². The van der Waals surface area contributed by atoms with Gasteiger partial charge < -0.3 is 10.5 Å². The van der Waals surface area contributed by atoms with Gasteiger partial charge in [-0.2, -0.15) is 0 Å². The zero-order valence-corrected chi connectivity index (χ0v) is 13.2. The summed E-state index contributed by atoms with van der Waals surface area (Å²) in [6.07, 6.45) is 0. The molecule has 0 heterocycles. The minimum absolute atomic E-state index is 0.314. The normalized spacial score (nSPS) is 12.3. The lowest BCUT2D eigenvalue weighted by molar-refractivity contribution is 0.415. The van der Waals surface area contributed by atoms with Crippen molar-refractivity contribution in [3.63, 3.8) is 0 Å². The standard InChI is InChI=1S/C16H17Cl2NO/c1-9-5-4-6-11(10(9)2)16(19)12-7-14(18)15(20-3)8-13(12)17/h4-8,16H,19H2,1-3H3. The topological polar surface area (TPSA) is 35.2 Å². The number of halogens is 2. The molecule has 1 atom stereocenters. The molecule has 4 heteroatoms. The fraction of sp³-hybridized carbons (Fsp3) is 0.250. The molecule has 0 aliphatic carbocycles. The molecular formula is C16H17Cl2NO. The van der Waals surface area contributed by atoms with Crippen LogP contribution in [0.1, 0.15) is 28.3 Å². The van der Waals surface area contributed by atoms with E-state index in [2.05, 4.69) is 19.9 Å². The first-order valence-corrected chi connectivity index (χ1v) is 7.06. The van der Waals surface area contributed by atoms with E-state index >= 15 is 0 Å². The molecule has 2 N–H and O–H groups in total. The Hall–Kier alpha value is -1.22. The molecule has 1 unspecified atom stereocenters. The van der Waals surface area contributed by atoms with E-state index in [1.54, 1.807) is 19.2 Å². The van der Waals surface area contributed by atoms with E-state index in [0.29, 0.717) is 15.8 Å². The SMILES string of the molecule is COc1cc(Cl)c(C(N)c2cccc(C)c2C)cc1Cl. The van der Waals surface area contributed by atoms with Crippen LogP contribution < -0.4 is 10.5 Å². The summed E-state index contributed by atoms with van der Waals surface area (Å²) in [5, 5.41) is 1.06. The molecule has 0 aliphatic rings. The molecule has 0 amide bonds. The summed E-state index contributed by atoms with van der Waals surface area (Å²) in [5.41, 5.74) is 10.6. The second kappa shape index (κ2) is 6.04. The Morgan fingerprint density at radius 3 is 2.40 bits per heavy atom. The van der Waals surface area contributed by atoms with E-state index in [4.69, 9.17) is 33.7 Å². The van der Waals surface area contributed by atoms with E-state index in [1.165, 1.54) is 11.1 Å². The van der Waals surface area contributed by atoms with Crippen LogP contribution in [0.15, 0.2) is 30.3 Å². The molecule has 20 heavy (non-hydrogen) atoms. The number of ether oxygens (including phenoxy) is 1. The van der Waals surface area contributed by atoms with Gasteiger partial charge in [-0.25, -0.2) is 0 Å². The van der Waals surface area contributed by atoms with E-state index in [9.17, 15) is 0 Å². The third-order valence-corrected chi connectivity index (χ3v) is 4.21. The third kappa shape index (κ3) is 2.78. The number of benzene rings is 2. The highest BCUT2D eigenvalue weighted by molar-refractivity contribution is 6.34. The van der Waals surface area contributed by atoms with Crippen LogP contribution in [0.5, 0.6) is 5.75 Å². The lowest BCUT2D eigenvalue weighted by atomic mass is 9.93. The Bertz CT molecular complexity index is 641. The smallest absolute Gasteiger partial charge is 0.138 e. The van der Waals surface area contributed by atoms with Gasteiger partial charge in [-0.15, -0.1) is 0 Å². The summed E-state index contributed by atoms with van der Waals surface area (Å²) in [4.78, 5) is 0. The van der Waals surface area contributed by atoms with E-state index in [1.807, 2.05) is 12.1 Å². The van der Waals surface area contributed by atoms with Crippen LogP contribution >= 0.6 is 23.2 Å². The average Bonchev–Trinajstić information content (AvgIpc) is 2.43. The number of hydrogen-bond donors (Lipinski definition) is 1. The molecule has 0 aliphatic heterocycles. The van der Waals surface area contributed by atoms with Gasteiger partial charge in [0.25, 0.3) is 0 Å². The Balaban J connectivity index is 2.51. The molecule has 2 nitrogen and oxygen atoms in total. The molecule has 0 fully saturated rings. The van der Waals surface area contributed by atoms with Gasteiger partial charge in [-0.05, 0) is 42.2 Å². The Kier molecular flexibility index (Phi) is 4.59. The van der Waals surface area contributed by atoms with E-state index < -0.39 is 0 Å². The van der Waals surface area contributed by atoms with Gasteiger partial charge in [0.05, 0.1) is 18.2 Å². The van der Waals surface area contributed by atoms with Crippen molar-refractivity contribution in [1.29, 1.82) is 0 Å². The monoisotopic (exact) mass is 309 g/mol. The van der Waals surface area contributed by atoms with Gasteiger partial charge in [0.15, 0.2) is 0 Å². The summed E-state index contributed by atoms with van der Waals surface area (Å²) in [7, 11) is 1.56. The highest BCUT2D eigenvalue weighted by Gasteiger charge is 2.17. The van der Waals surface area contributed by atoms with Crippen molar-refractivity contribution in [3.05, 3.63) is 62.6 Å². The lowest BCUT2D eigenvalue weighted by Gasteiger charge is -2.19. The predicted octanol–water partition coefficient (Wildman–Crippen LogP) is 4.67. The summed E-state index contributed by atoms with van der Waals surface area (Å²) < 4.78 is 5.15. The van der Waals surface area contributed by atoms with Crippen LogP contribution in [0, 0.1) is 13.8 Å². The largest absolute Gasteiger partial charge is 0.495 e. The number of nitrogens with two attached hydrogens (primary N) is 1. The summed E-state index contributed by atoms with van der Waals surface area (Å²) in [6.45, 7) is 4.12. The van der Waals surface area contributed by atoms with Crippen LogP contribution in [0.25, 0.3) is 0 Å². The fourth-order valence-corrected chi connectivity index (χ4v) is 2.74. The van der Waals surface area contributed by atoms with Gasteiger partial charge >= 0.3 is 0 Å². The third-order valence-electron chi connectivity index (χ3n) is 3.59. The molecule has 106 valence electrons. The minimum atomic E-state index is -0.314.